The van der Waals surface area contributed by atoms with Crippen LogP contribution in [0.5, 0.6) is 0 Å². The Balaban J connectivity index is 1.87. The van der Waals surface area contributed by atoms with Crippen LogP contribution in [0, 0.1) is 0 Å². The fraction of sp³-hybridized carbons (Fsp3) is 0.261. The molecule has 1 aliphatic heterocycles. The fourth-order valence-corrected chi connectivity index (χ4v) is 4.35. The van der Waals surface area contributed by atoms with Crippen molar-refractivity contribution in [3.63, 3.8) is 0 Å². The number of methoxy groups -OCH3 is 1. The minimum atomic E-state index is -0.342. The molecule has 0 bridgehead atoms. The molecule has 1 heterocycles. The molecular weight excluding hydrogens is 393 g/mol. The molecule has 2 aliphatic rings. The van der Waals surface area contributed by atoms with E-state index in [4.69, 9.17) is 27.9 Å². The molecule has 0 saturated heterocycles. The molecule has 5 heteroatoms. The van der Waals surface area contributed by atoms with E-state index in [0.717, 1.165) is 36.9 Å². The lowest BCUT2D eigenvalue weighted by Crippen LogP contribution is -2.34. The van der Waals surface area contributed by atoms with E-state index in [0.29, 0.717) is 15.7 Å². The van der Waals surface area contributed by atoms with E-state index in [2.05, 4.69) is 0 Å². The van der Waals surface area contributed by atoms with Crippen LogP contribution >= 0.6 is 23.2 Å². The van der Waals surface area contributed by atoms with Crippen molar-refractivity contribution in [3.8, 4) is 0 Å². The van der Waals surface area contributed by atoms with Gasteiger partial charge in [0.05, 0.1) is 7.11 Å². The van der Waals surface area contributed by atoms with E-state index in [9.17, 15) is 4.79 Å². The predicted octanol–water partition coefficient (Wildman–Crippen LogP) is 6.48. The van der Waals surface area contributed by atoms with E-state index >= 15 is 0 Å². The van der Waals surface area contributed by atoms with E-state index in [-0.39, 0.29) is 11.9 Å². The number of carbonyl (C=O) groups excluding carboxylic acids is 1. The summed E-state index contributed by atoms with van der Waals surface area (Å²) in [6.45, 7) is 0. The van der Waals surface area contributed by atoms with Crippen LogP contribution in [0.1, 0.15) is 37.2 Å². The van der Waals surface area contributed by atoms with Crippen LogP contribution in [-0.4, -0.2) is 13.1 Å². The zero-order valence-corrected chi connectivity index (χ0v) is 17.1. The molecule has 1 unspecified atom stereocenters. The maximum atomic E-state index is 12.7. The summed E-state index contributed by atoms with van der Waals surface area (Å²) < 4.78 is 5.13. The fourth-order valence-electron chi connectivity index (χ4n) is 4.10. The quantitative estimate of drug-likeness (QED) is 0.538. The van der Waals surface area contributed by atoms with Crippen LogP contribution < -0.4 is 4.90 Å². The molecule has 0 fully saturated rings. The van der Waals surface area contributed by atoms with E-state index in [1.165, 1.54) is 18.4 Å². The normalized spacial score (nSPS) is 19.2. The molecule has 0 radical (unpaired) electrons. The standard InChI is InChI=1S/C23H21Cl2NO2/c1-28-23(27)22-14-20(15-6-8-16(24)9-7-15)19-4-2-3-5-21(19)26(22)18-12-10-17(25)11-13-18/h6-14,20H,2-5H2,1H3. The summed E-state index contributed by atoms with van der Waals surface area (Å²) in [6, 6.07) is 15.5. The van der Waals surface area contributed by atoms with Gasteiger partial charge in [-0.2, -0.15) is 0 Å². The smallest absolute Gasteiger partial charge is 0.354 e. The van der Waals surface area contributed by atoms with Crippen molar-refractivity contribution in [3.05, 3.63) is 87.2 Å². The number of carbonyl (C=O) groups is 1. The molecule has 2 aromatic carbocycles. The highest BCUT2D eigenvalue weighted by Gasteiger charge is 2.35. The van der Waals surface area contributed by atoms with Crippen molar-refractivity contribution >= 4 is 34.9 Å². The number of nitrogens with zero attached hydrogens (tertiary/aromatic N) is 1. The number of allylic oxidation sites excluding steroid dienone is 3. The average molecular weight is 414 g/mol. The summed E-state index contributed by atoms with van der Waals surface area (Å²) in [5.74, 6) is -0.295. The maximum Gasteiger partial charge on any atom is 0.354 e. The molecule has 2 aromatic rings. The first-order valence-corrected chi connectivity index (χ1v) is 10.2. The van der Waals surface area contributed by atoms with Gasteiger partial charge in [-0.05, 0) is 79.3 Å². The molecule has 0 aromatic heterocycles. The van der Waals surface area contributed by atoms with Crippen molar-refractivity contribution in [1.82, 2.24) is 0 Å². The Morgan fingerprint density at radius 1 is 0.964 bits per heavy atom. The largest absolute Gasteiger partial charge is 0.464 e. The molecule has 28 heavy (non-hydrogen) atoms. The first kappa shape index (κ1) is 19.1. The number of rotatable bonds is 3. The summed E-state index contributed by atoms with van der Waals surface area (Å²) in [7, 11) is 1.42. The van der Waals surface area contributed by atoms with Crippen molar-refractivity contribution < 1.29 is 9.53 Å². The van der Waals surface area contributed by atoms with Crippen molar-refractivity contribution in [2.45, 2.75) is 31.6 Å². The molecule has 4 rings (SSSR count). The Bertz CT molecular complexity index is 946. The Labute approximate surface area is 175 Å². The molecule has 1 aliphatic carbocycles. The number of ether oxygens (including phenoxy) is 1. The average Bonchev–Trinajstić information content (AvgIpc) is 2.73. The van der Waals surface area contributed by atoms with Crippen LogP contribution in [0.15, 0.2) is 71.6 Å². The summed E-state index contributed by atoms with van der Waals surface area (Å²) in [6.07, 6.45) is 6.21. The minimum Gasteiger partial charge on any atom is -0.464 e. The second kappa shape index (κ2) is 8.02. The monoisotopic (exact) mass is 413 g/mol. The lowest BCUT2D eigenvalue weighted by atomic mass is 9.79. The van der Waals surface area contributed by atoms with Gasteiger partial charge in [0.1, 0.15) is 5.70 Å². The second-order valence-corrected chi connectivity index (χ2v) is 7.94. The first-order chi connectivity index (χ1) is 13.6. The van der Waals surface area contributed by atoms with Gasteiger partial charge in [0, 0.05) is 27.3 Å². The van der Waals surface area contributed by atoms with Crippen molar-refractivity contribution in [2.24, 2.45) is 0 Å². The second-order valence-electron chi connectivity index (χ2n) is 7.06. The van der Waals surface area contributed by atoms with Crippen molar-refractivity contribution in [1.29, 1.82) is 0 Å². The van der Waals surface area contributed by atoms with E-state index < -0.39 is 0 Å². The van der Waals surface area contributed by atoms with Crippen LogP contribution in [-0.2, 0) is 9.53 Å². The molecule has 144 valence electrons. The van der Waals surface area contributed by atoms with Gasteiger partial charge in [-0.1, -0.05) is 35.3 Å². The Morgan fingerprint density at radius 3 is 2.21 bits per heavy atom. The minimum absolute atomic E-state index is 0.0465. The molecule has 0 N–H and O–H groups in total. The lowest BCUT2D eigenvalue weighted by Gasteiger charge is -2.39. The topological polar surface area (TPSA) is 29.5 Å². The molecule has 0 amide bonds. The van der Waals surface area contributed by atoms with Gasteiger partial charge in [0.2, 0.25) is 0 Å². The zero-order valence-electron chi connectivity index (χ0n) is 15.6. The summed E-state index contributed by atoms with van der Waals surface area (Å²) in [4.78, 5) is 14.8. The van der Waals surface area contributed by atoms with Gasteiger partial charge in [-0.25, -0.2) is 4.79 Å². The first-order valence-electron chi connectivity index (χ1n) is 9.41. The Kier molecular flexibility index (Phi) is 5.47. The number of anilines is 1. The Hall–Kier alpha value is -2.23. The number of hydrogen-bond donors (Lipinski definition) is 0. The third kappa shape index (κ3) is 3.57. The summed E-state index contributed by atoms with van der Waals surface area (Å²) in [5, 5.41) is 1.37. The molecule has 1 atom stereocenters. The van der Waals surface area contributed by atoms with Gasteiger partial charge in [0.25, 0.3) is 0 Å². The third-order valence-electron chi connectivity index (χ3n) is 5.40. The Morgan fingerprint density at radius 2 is 1.57 bits per heavy atom. The number of halogens is 2. The van der Waals surface area contributed by atoms with E-state index in [1.807, 2.05) is 59.5 Å². The van der Waals surface area contributed by atoms with Gasteiger partial charge in [0.15, 0.2) is 0 Å². The predicted molar refractivity (Wildman–Crippen MR) is 114 cm³/mol. The summed E-state index contributed by atoms with van der Waals surface area (Å²) >= 11 is 12.2. The number of esters is 1. The van der Waals surface area contributed by atoms with Gasteiger partial charge >= 0.3 is 5.97 Å². The SMILES string of the molecule is COC(=O)C1=CC(c2ccc(Cl)cc2)C2=C(CCCC2)N1c1ccc(Cl)cc1. The molecular formula is C23H21Cl2NO2. The van der Waals surface area contributed by atoms with Crippen LogP contribution in [0.2, 0.25) is 10.0 Å². The zero-order chi connectivity index (χ0) is 19.7. The van der Waals surface area contributed by atoms with Crippen molar-refractivity contribution in [2.75, 3.05) is 12.0 Å². The number of benzene rings is 2. The maximum absolute atomic E-state index is 12.7. The third-order valence-corrected chi connectivity index (χ3v) is 5.90. The number of hydrogen-bond acceptors (Lipinski definition) is 3. The van der Waals surface area contributed by atoms with Gasteiger partial charge in [-0.3, -0.25) is 0 Å². The molecule has 0 saturated carbocycles. The molecule has 3 nitrogen and oxygen atoms in total. The highest BCUT2D eigenvalue weighted by atomic mass is 35.5. The summed E-state index contributed by atoms with van der Waals surface area (Å²) in [5.41, 5.74) is 5.15. The highest BCUT2D eigenvalue weighted by molar-refractivity contribution is 6.30. The van der Waals surface area contributed by atoms with Gasteiger partial charge < -0.3 is 9.64 Å². The molecule has 0 spiro atoms. The van der Waals surface area contributed by atoms with Crippen LogP contribution in [0.4, 0.5) is 5.69 Å². The lowest BCUT2D eigenvalue weighted by molar-refractivity contribution is -0.136. The highest BCUT2D eigenvalue weighted by Crippen LogP contribution is 2.45. The van der Waals surface area contributed by atoms with Crippen LogP contribution in [0.3, 0.4) is 0 Å². The van der Waals surface area contributed by atoms with Crippen LogP contribution in [0.25, 0.3) is 0 Å². The van der Waals surface area contributed by atoms with Gasteiger partial charge in [-0.15, -0.1) is 0 Å². The van der Waals surface area contributed by atoms with E-state index in [1.54, 1.807) is 0 Å².